The molecule has 1 amide bonds. The molecular weight excluding hydrogens is 416 g/mol. The lowest BCUT2D eigenvalue weighted by atomic mass is 9.83. The zero-order valence-corrected chi connectivity index (χ0v) is 19.2. The Bertz CT molecular complexity index is 1160. The summed E-state index contributed by atoms with van der Waals surface area (Å²) in [4.78, 5) is 32.4. The number of carbonyl (C=O) groups excluding carboxylic acids is 2. The van der Waals surface area contributed by atoms with Gasteiger partial charge in [0.1, 0.15) is 11.8 Å². The first-order valence-corrected chi connectivity index (χ1v) is 11.8. The maximum atomic E-state index is 14.0. The number of benzene rings is 2. The summed E-state index contributed by atoms with van der Waals surface area (Å²) < 4.78 is 10.6. The Kier molecular flexibility index (Phi) is 5.83. The van der Waals surface area contributed by atoms with Gasteiger partial charge in [-0.15, -0.1) is 0 Å². The molecule has 1 saturated carbocycles. The third kappa shape index (κ3) is 3.77. The highest BCUT2D eigenvalue weighted by atomic mass is 16.5. The smallest absolute Gasteiger partial charge is 0.328 e. The van der Waals surface area contributed by atoms with E-state index in [0.717, 1.165) is 65.6 Å². The summed E-state index contributed by atoms with van der Waals surface area (Å²) in [6.45, 7) is 0. The van der Waals surface area contributed by atoms with Gasteiger partial charge >= 0.3 is 5.97 Å². The van der Waals surface area contributed by atoms with E-state index in [4.69, 9.17) is 9.47 Å². The van der Waals surface area contributed by atoms with Crippen molar-refractivity contribution in [2.24, 2.45) is 5.92 Å². The van der Waals surface area contributed by atoms with Gasteiger partial charge in [0.2, 0.25) is 5.91 Å². The van der Waals surface area contributed by atoms with Crippen molar-refractivity contribution in [2.75, 3.05) is 14.2 Å². The number of nitrogens with zero attached hydrogens (tertiary/aromatic N) is 1. The molecule has 5 rings (SSSR count). The number of amides is 1. The van der Waals surface area contributed by atoms with E-state index < -0.39 is 12.1 Å². The van der Waals surface area contributed by atoms with Crippen LogP contribution in [0.15, 0.2) is 48.5 Å². The quantitative estimate of drug-likeness (QED) is 0.586. The van der Waals surface area contributed by atoms with Crippen molar-refractivity contribution in [3.8, 4) is 5.75 Å². The van der Waals surface area contributed by atoms with Crippen LogP contribution < -0.4 is 4.74 Å². The van der Waals surface area contributed by atoms with Crippen LogP contribution in [0.25, 0.3) is 10.9 Å². The SMILES string of the molecule is COC(=O)C1Cc2c([nH]c3ccccc23)C(c2ccc(OC)cc2)N1C(=O)C1CCCCC1. The van der Waals surface area contributed by atoms with Crippen molar-refractivity contribution in [3.05, 3.63) is 65.4 Å². The lowest BCUT2D eigenvalue weighted by Crippen LogP contribution is -2.53. The zero-order valence-electron chi connectivity index (χ0n) is 19.2. The number of aromatic nitrogens is 1. The van der Waals surface area contributed by atoms with Crippen LogP contribution in [0.4, 0.5) is 0 Å². The van der Waals surface area contributed by atoms with Crippen LogP contribution in [0.2, 0.25) is 0 Å². The Morgan fingerprint density at radius 1 is 0.970 bits per heavy atom. The molecule has 1 aromatic heterocycles. The molecule has 1 N–H and O–H groups in total. The van der Waals surface area contributed by atoms with Gasteiger partial charge in [-0.05, 0) is 42.2 Å². The molecule has 1 aliphatic heterocycles. The largest absolute Gasteiger partial charge is 0.497 e. The number of esters is 1. The molecule has 0 radical (unpaired) electrons. The number of para-hydroxylation sites is 1. The minimum atomic E-state index is -0.664. The molecule has 1 aliphatic carbocycles. The fourth-order valence-corrected chi connectivity index (χ4v) is 5.57. The standard InChI is InChI=1S/C27H30N2O4/c1-32-19-14-12-17(13-15-19)25-24-21(20-10-6-7-11-22(20)28-24)16-23(27(31)33-2)29(25)26(30)18-8-4-3-5-9-18/h6-7,10-15,18,23,25,28H,3-5,8-9,16H2,1-2H3. The number of methoxy groups -OCH3 is 2. The summed E-state index contributed by atoms with van der Waals surface area (Å²) >= 11 is 0. The molecule has 33 heavy (non-hydrogen) atoms. The summed E-state index contributed by atoms with van der Waals surface area (Å²) in [6, 6.07) is 14.8. The zero-order chi connectivity index (χ0) is 22.9. The fraction of sp³-hybridized carbons (Fsp3) is 0.407. The Morgan fingerprint density at radius 2 is 1.70 bits per heavy atom. The minimum absolute atomic E-state index is 0.0511. The number of fused-ring (bicyclic) bond motifs is 3. The third-order valence-corrected chi connectivity index (χ3v) is 7.25. The average Bonchev–Trinajstić information content (AvgIpc) is 3.25. The molecule has 0 bridgehead atoms. The van der Waals surface area contributed by atoms with E-state index in [1.165, 1.54) is 7.11 Å². The van der Waals surface area contributed by atoms with Crippen LogP contribution >= 0.6 is 0 Å². The van der Waals surface area contributed by atoms with Gasteiger partial charge in [0, 0.05) is 28.9 Å². The summed E-state index contributed by atoms with van der Waals surface area (Å²) in [7, 11) is 3.04. The molecule has 3 aromatic rings. The number of carbonyl (C=O) groups is 2. The van der Waals surface area contributed by atoms with Crippen LogP contribution in [0.3, 0.4) is 0 Å². The van der Waals surface area contributed by atoms with Gasteiger partial charge in [-0.3, -0.25) is 4.79 Å². The maximum Gasteiger partial charge on any atom is 0.328 e. The lowest BCUT2D eigenvalue weighted by molar-refractivity contribution is -0.157. The second-order valence-electron chi connectivity index (χ2n) is 9.06. The first-order valence-electron chi connectivity index (χ1n) is 11.8. The fourth-order valence-electron chi connectivity index (χ4n) is 5.57. The van der Waals surface area contributed by atoms with Gasteiger partial charge in [-0.25, -0.2) is 4.79 Å². The topological polar surface area (TPSA) is 71.6 Å². The van der Waals surface area contributed by atoms with Gasteiger partial charge in [-0.2, -0.15) is 0 Å². The van der Waals surface area contributed by atoms with Crippen molar-refractivity contribution in [2.45, 2.75) is 50.6 Å². The van der Waals surface area contributed by atoms with E-state index in [-0.39, 0.29) is 17.8 Å². The molecule has 2 unspecified atom stereocenters. The maximum absolute atomic E-state index is 14.0. The second kappa shape index (κ2) is 8.93. The van der Waals surface area contributed by atoms with E-state index in [1.807, 2.05) is 42.5 Å². The number of rotatable bonds is 4. The monoisotopic (exact) mass is 446 g/mol. The minimum Gasteiger partial charge on any atom is -0.497 e. The summed E-state index contributed by atoms with van der Waals surface area (Å²) in [5, 5.41) is 1.09. The van der Waals surface area contributed by atoms with E-state index in [9.17, 15) is 9.59 Å². The summed E-state index contributed by atoms with van der Waals surface area (Å²) in [5.41, 5.74) is 4.01. The Morgan fingerprint density at radius 3 is 2.39 bits per heavy atom. The molecule has 1 fully saturated rings. The highest BCUT2D eigenvalue weighted by Crippen LogP contribution is 2.43. The van der Waals surface area contributed by atoms with Gasteiger partial charge in [0.25, 0.3) is 0 Å². The number of H-pyrrole nitrogens is 1. The number of nitrogens with one attached hydrogen (secondary N) is 1. The van der Waals surface area contributed by atoms with Crippen LogP contribution in [0.5, 0.6) is 5.75 Å². The first kappa shape index (κ1) is 21.6. The highest BCUT2D eigenvalue weighted by Gasteiger charge is 2.45. The molecule has 0 saturated heterocycles. The molecule has 172 valence electrons. The predicted octanol–water partition coefficient (Wildman–Crippen LogP) is 4.77. The Balaban J connectivity index is 1.69. The van der Waals surface area contributed by atoms with Crippen LogP contribution in [0.1, 0.15) is 55.0 Å². The van der Waals surface area contributed by atoms with Crippen molar-refractivity contribution in [1.82, 2.24) is 9.88 Å². The van der Waals surface area contributed by atoms with Crippen molar-refractivity contribution in [1.29, 1.82) is 0 Å². The summed E-state index contributed by atoms with van der Waals surface area (Å²) in [6.07, 6.45) is 5.46. The van der Waals surface area contributed by atoms with Gasteiger partial charge in [0.05, 0.1) is 20.3 Å². The lowest BCUT2D eigenvalue weighted by Gasteiger charge is -2.43. The van der Waals surface area contributed by atoms with Crippen molar-refractivity contribution >= 4 is 22.8 Å². The predicted molar refractivity (Wildman–Crippen MR) is 126 cm³/mol. The van der Waals surface area contributed by atoms with Crippen molar-refractivity contribution in [3.63, 3.8) is 0 Å². The number of hydrogen-bond donors (Lipinski definition) is 1. The average molecular weight is 447 g/mol. The first-order chi connectivity index (χ1) is 16.1. The molecule has 2 aliphatic rings. The van der Waals surface area contributed by atoms with E-state index in [1.54, 1.807) is 12.0 Å². The molecule has 2 heterocycles. The van der Waals surface area contributed by atoms with E-state index in [2.05, 4.69) is 11.1 Å². The second-order valence-corrected chi connectivity index (χ2v) is 9.06. The van der Waals surface area contributed by atoms with E-state index >= 15 is 0 Å². The normalized spacial score (nSPS) is 21.0. The third-order valence-electron chi connectivity index (χ3n) is 7.25. The highest BCUT2D eigenvalue weighted by molar-refractivity contribution is 5.91. The van der Waals surface area contributed by atoms with Gasteiger partial charge < -0.3 is 19.4 Å². The van der Waals surface area contributed by atoms with E-state index in [0.29, 0.717) is 6.42 Å². The molecule has 0 spiro atoms. The van der Waals surface area contributed by atoms with Gasteiger partial charge in [0.15, 0.2) is 0 Å². The molecular formula is C27H30N2O4. The molecule has 6 nitrogen and oxygen atoms in total. The number of ether oxygens (including phenoxy) is 2. The van der Waals surface area contributed by atoms with Crippen LogP contribution in [-0.4, -0.2) is 42.0 Å². The van der Waals surface area contributed by atoms with Crippen LogP contribution in [0, 0.1) is 5.92 Å². The number of hydrogen-bond acceptors (Lipinski definition) is 4. The molecule has 6 heteroatoms. The van der Waals surface area contributed by atoms with Gasteiger partial charge in [-0.1, -0.05) is 49.6 Å². The molecule has 2 atom stereocenters. The summed E-state index contributed by atoms with van der Waals surface area (Å²) in [5.74, 6) is 0.377. The van der Waals surface area contributed by atoms with Crippen LogP contribution in [-0.2, 0) is 20.7 Å². The van der Waals surface area contributed by atoms with Crippen molar-refractivity contribution < 1.29 is 19.1 Å². The number of aromatic amines is 1. The molecule has 2 aromatic carbocycles. The Hall–Kier alpha value is -3.28. The Labute approximate surface area is 193 Å².